The lowest BCUT2D eigenvalue weighted by Gasteiger charge is -2.24. The second-order valence-electron chi connectivity index (χ2n) is 6.51. The van der Waals surface area contributed by atoms with E-state index in [-0.39, 0.29) is 0 Å². The van der Waals surface area contributed by atoms with Crippen LogP contribution in [-0.4, -0.2) is 41.7 Å². The maximum absolute atomic E-state index is 11.9. The first-order valence-electron chi connectivity index (χ1n) is 8.39. The summed E-state index contributed by atoms with van der Waals surface area (Å²) in [5.74, 6) is 0.616. The molecule has 0 aliphatic carbocycles. The van der Waals surface area contributed by atoms with E-state index >= 15 is 0 Å². The summed E-state index contributed by atoms with van der Waals surface area (Å²) in [4.78, 5) is 10.5. The second-order valence-corrected chi connectivity index (χ2v) is 9.98. The van der Waals surface area contributed by atoms with Crippen molar-refractivity contribution in [3.8, 4) is 0 Å². The van der Waals surface area contributed by atoms with Crippen LogP contribution < -0.4 is 16.5 Å². The minimum absolute atomic E-state index is 0.351. The Bertz CT molecular complexity index is 1210. The van der Waals surface area contributed by atoms with Gasteiger partial charge < -0.3 is 11.1 Å². The summed E-state index contributed by atoms with van der Waals surface area (Å²) >= 11 is 7.82. The summed E-state index contributed by atoms with van der Waals surface area (Å²) in [5.41, 5.74) is 8.75. The van der Waals surface area contributed by atoms with Crippen molar-refractivity contribution in [1.29, 1.82) is 0 Å². The van der Waals surface area contributed by atoms with E-state index in [1.54, 1.807) is 12.1 Å². The van der Waals surface area contributed by atoms with Gasteiger partial charge in [0.05, 0.1) is 27.9 Å². The van der Waals surface area contributed by atoms with Crippen LogP contribution in [0, 0.1) is 0 Å². The molecular formula is C17H18ClN6O2S2+. The molecular weight excluding hydrogens is 420 g/mol. The van der Waals surface area contributed by atoms with Gasteiger partial charge in [0.25, 0.3) is 0 Å². The predicted octanol–water partition coefficient (Wildman–Crippen LogP) is 1.17. The van der Waals surface area contributed by atoms with Gasteiger partial charge in [-0.25, -0.2) is 18.4 Å². The first-order chi connectivity index (χ1) is 13.3. The molecule has 0 fully saturated rings. The van der Waals surface area contributed by atoms with E-state index in [4.69, 9.17) is 22.7 Å². The zero-order valence-corrected chi connectivity index (χ0v) is 17.3. The Labute approximate surface area is 170 Å². The summed E-state index contributed by atoms with van der Waals surface area (Å²) in [6, 6.07) is 3.39. The molecule has 11 heteroatoms. The Kier molecular flexibility index (Phi) is 4.74. The van der Waals surface area contributed by atoms with E-state index in [9.17, 15) is 8.42 Å². The topological polar surface area (TPSA) is 127 Å². The van der Waals surface area contributed by atoms with Crippen molar-refractivity contribution in [2.24, 2.45) is 0 Å². The number of sulfonamides is 1. The third kappa shape index (κ3) is 3.32. The first-order valence-corrected chi connectivity index (χ1v) is 11.4. The number of nitrogen functional groups attached to an aromatic ring is 1. The van der Waals surface area contributed by atoms with Crippen molar-refractivity contribution in [2.45, 2.75) is 13.0 Å². The molecule has 0 saturated heterocycles. The third-order valence-corrected chi connectivity index (χ3v) is 7.36. The van der Waals surface area contributed by atoms with Crippen LogP contribution in [0.3, 0.4) is 0 Å². The number of hydrogen-bond donors (Lipinski definition) is 3. The van der Waals surface area contributed by atoms with Gasteiger partial charge in [-0.2, -0.15) is 4.31 Å². The number of thiophene rings is 1. The summed E-state index contributed by atoms with van der Waals surface area (Å²) in [6.07, 6.45) is 4.72. The molecule has 0 amide bonds. The Balaban J connectivity index is 1.78. The highest BCUT2D eigenvalue weighted by atomic mass is 35.5. The zero-order valence-electron chi connectivity index (χ0n) is 14.9. The van der Waals surface area contributed by atoms with Crippen LogP contribution in [0.4, 0.5) is 17.2 Å². The van der Waals surface area contributed by atoms with Gasteiger partial charge in [-0.15, -0.1) is 11.3 Å². The molecule has 0 radical (unpaired) electrons. The van der Waals surface area contributed by atoms with Crippen LogP contribution in [0.25, 0.3) is 10.2 Å². The Morgan fingerprint density at radius 3 is 2.89 bits per heavy atom. The number of halogens is 1. The van der Waals surface area contributed by atoms with Crippen LogP contribution in [0.15, 0.2) is 18.5 Å². The minimum Gasteiger partial charge on any atom is -0.398 e. The number of nitrogens with two attached hydrogens (primary N) is 2. The summed E-state index contributed by atoms with van der Waals surface area (Å²) in [7, 11) is -3.24. The van der Waals surface area contributed by atoms with Crippen LogP contribution in [-0.2, 0) is 23.0 Å². The number of benzene rings is 1. The molecule has 0 atom stereocenters. The van der Waals surface area contributed by atoms with Gasteiger partial charge in [0.1, 0.15) is 17.0 Å². The van der Waals surface area contributed by atoms with Crippen molar-refractivity contribution in [2.75, 3.05) is 23.9 Å². The fraction of sp³-hybridized carbons (Fsp3) is 0.235. The molecule has 28 heavy (non-hydrogen) atoms. The molecule has 0 spiro atoms. The van der Waals surface area contributed by atoms with Crippen molar-refractivity contribution < 1.29 is 13.8 Å². The summed E-state index contributed by atoms with van der Waals surface area (Å²) in [6.45, 7) is 0.782. The van der Waals surface area contributed by atoms with Gasteiger partial charge in [-0.1, -0.05) is 11.6 Å². The molecule has 146 valence electrons. The van der Waals surface area contributed by atoms with Crippen LogP contribution >= 0.6 is 22.9 Å². The largest absolute Gasteiger partial charge is 0.398 e. The van der Waals surface area contributed by atoms with E-state index in [1.807, 2.05) is 0 Å². The van der Waals surface area contributed by atoms with Gasteiger partial charge in [0.15, 0.2) is 6.21 Å². The predicted molar refractivity (Wildman–Crippen MR) is 113 cm³/mol. The van der Waals surface area contributed by atoms with Crippen LogP contribution in [0.2, 0.25) is 5.02 Å². The van der Waals surface area contributed by atoms with E-state index in [0.29, 0.717) is 47.3 Å². The SMILES string of the molecule is CS(=O)(=O)N1CCc2c(sc3ncnc(Nc4cc(C=[NH2+])c(N)cc4Cl)c23)C1. The Hall–Kier alpha value is -2.27. The molecule has 3 aromatic rings. The van der Waals surface area contributed by atoms with Gasteiger partial charge in [-0.05, 0) is 24.1 Å². The number of nitrogens with zero attached hydrogens (tertiary/aromatic N) is 3. The number of fused-ring (bicyclic) bond motifs is 3. The molecule has 0 unspecified atom stereocenters. The van der Waals surface area contributed by atoms with Crippen molar-refractivity contribution in [1.82, 2.24) is 14.3 Å². The Morgan fingerprint density at radius 1 is 1.39 bits per heavy atom. The molecule has 4 rings (SSSR count). The quantitative estimate of drug-likeness (QED) is 0.415. The highest BCUT2D eigenvalue weighted by Crippen LogP contribution is 2.39. The van der Waals surface area contributed by atoms with Crippen LogP contribution in [0.5, 0.6) is 0 Å². The molecule has 5 N–H and O–H groups in total. The number of hydrogen-bond acceptors (Lipinski definition) is 7. The average Bonchev–Trinajstić information content (AvgIpc) is 3.01. The fourth-order valence-electron chi connectivity index (χ4n) is 3.26. The van der Waals surface area contributed by atoms with Gasteiger partial charge >= 0.3 is 0 Å². The lowest BCUT2D eigenvalue weighted by Crippen LogP contribution is -2.34. The van der Waals surface area contributed by atoms with Gasteiger partial charge in [0.2, 0.25) is 10.0 Å². The third-order valence-electron chi connectivity index (χ3n) is 4.68. The fourth-order valence-corrected chi connectivity index (χ4v) is 5.55. The number of aromatic nitrogens is 2. The maximum atomic E-state index is 11.9. The van der Waals surface area contributed by atoms with Crippen molar-refractivity contribution in [3.63, 3.8) is 0 Å². The monoisotopic (exact) mass is 437 g/mol. The highest BCUT2D eigenvalue weighted by Gasteiger charge is 2.28. The molecule has 1 aromatic carbocycles. The van der Waals surface area contributed by atoms with E-state index in [2.05, 4.69) is 15.3 Å². The molecule has 3 heterocycles. The van der Waals surface area contributed by atoms with Crippen molar-refractivity contribution in [3.05, 3.63) is 39.5 Å². The highest BCUT2D eigenvalue weighted by molar-refractivity contribution is 7.88. The molecule has 1 aliphatic rings. The van der Waals surface area contributed by atoms with E-state index in [1.165, 1.54) is 34.4 Å². The number of nitrogens with one attached hydrogen (secondary N) is 1. The molecule has 1 aliphatic heterocycles. The van der Waals surface area contributed by atoms with Crippen molar-refractivity contribution >= 4 is 66.6 Å². The second kappa shape index (κ2) is 6.96. The Morgan fingerprint density at radius 2 is 2.18 bits per heavy atom. The number of anilines is 3. The first kappa shape index (κ1) is 19.1. The molecule has 8 nitrogen and oxygen atoms in total. The minimum atomic E-state index is -3.24. The molecule has 2 aromatic heterocycles. The summed E-state index contributed by atoms with van der Waals surface area (Å²) in [5, 5.41) is 10.2. The lowest BCUT2D eigenvalue weighted by atomic mass is 10.1. The van der Waals surface area contributed by atoms with Gasteiger partial charge in [0, 0.05) is 23.7 Å². The van der Waals surface area contributed by atoms with E-state index < -0.39 is 10.0 Å². The zero-order chi connectivity index (χ0) is 20.1. The summed E-state index contributed by atoms with van der Waals surface area (Å²) < 4.78 is 25.3. The standard InChI is InChI=1S/C17H17ClN6O2S2/c1-28(25,26)24-3-2-10-14(7-24)27-17-15(10)16(21-8-22-17)23-13-4-9(6-19)12(20)5-11(13)18/h4-6,8,19H,2-3,7,20H2,1H3,(H,21,22,23)/p+1. The lowest BCUT2D eigenvalue weighted by molar-refractivity contribution is -0.104. The average molecular weight is 438 g/mol. The number of rotatable bonds is 4. The van der Waals surface area contributed by atoms with E-state index in [0.717, 1.165) is 20.7 Å². The van der Waals surface area contributed by atoms with Crippen LogP contribution in [0.1, 0.15) is 16.0 Å². The molecule has 0 bridgehead atoms. The normalized spacial score (nSPS) is 14.8. The smallest absolute Gasteiger partial charge is 0.211 e. The van der Waals surface area contributed by atoms with Gasteiger partial charge in [-0.3, -0.25) is 5.41 Å². The molecule has 0 saturated carbocycles. The maximum Gasteiger partial charge on any atom is 0.211 e.